The van der Waals surface area contributed by atoms with Crippen LogP contribution in [0.2, 0.25) is 0 Å². The van der Waals surface area contributed by atoms with E-state index in [-0.39, 0.29) is 6.61 Å². The first-order valence-corrected chi connectivity index (χ1v) is 8.95. The monoisotopic (exact) mass is 388 g/mol. The lowest BCUT2D eigenvalue weighted by atomic mass is 10.0. The molecule has 1 N–H and O–H groups in total. The Morgan fingerprint density at radius 3 is 2.14 bits per heavy atom. The van der Waals surface area contributed by atoms with E-state index in [0.717, 1.165) is 54.3 Å². The Labute approximate surface area is 160 Å². The van der Waals surface area contributed by atoms with Crippen LogP contribution in [-0.2, 0) is 32.4 Å². The lowest BCUT2D eigenvalue weighted by Crippen LogP contribution is -2.34. The summed E-state index contributed by atoms with van der Waals surface area (Å²) in [5.41, 5.74) is 2.10. The zero-order valence-electron chi connectivity index (χ0n) is 15.0. The van der Waals surface area contributed by atoms with E-state index in [9.17, 15) is 18.3 Å². The molecule has 5 nitrogen and oxygen atoms in total. The zero-order valence-corrected chi connectivity index (χ0v) is 15.0. The van der Waals surface area contributed by atoms with E-state index in [1.807, 2.05) is 28.8 Å². The van der Waals surface area contributed by atoms with Crippen LogP contribution in [0.4, 0.5) is 13.2 Å². The molecule has 0 amide bonds. The lowest BCUT2D eigenvalue weighted by Gasteiger charge is -2.27. The molecule has 0 aliphatic carbocycles. The first kappa shape index (κ1) is 18.6. The molecule has 0 saturated heterocycles. The Balaban J connectivity index is 1.42. The second kappa shape index (κ2) is 7.37. The highest BCUT2D eigenvalue weighted by molar-refractivity contribution is 5.64. The standard InChI is InChI=1S/C20H19F3N4O/c21-20(22,23)17-7-5-16(6-8-17)15-3-1-14(2-4-15)11-26-9-10-27-18(12-26)24-25-19(27)13-28/h1-8,28H,9-13H2. The maximum Gasteiger partial charge on any atom is 0.416 e. The van der Waals surface area contributed by atoms with Gasteiger partial charge in [-0.1, -0.05) is 36.4 Å². The number of halogens is 3. The van der Waals surface area contributed by atoms with Crippen LogP contribution < -0.4 is 0 Å². The molecule has 2 aromatic carbocycles. The van der Waals surface area contributed by atoms with Gasteiger partial charge in [0.1, 0.15) is 12.4 Å². The zero-order chi connectivity index (χ0) is 19.7. The maximum absolute atomic E-state index is 12.7. The van der Waals surface area contributed by atoms with E-state index in [1.54, 1.807) is 0 Å². The molecule has 0 unspecified atom stereocenters. The highest BCUT2D eigenvalue weighted by atomic mass is 19.4. The molecule has 0 bridgehead atoms. The van der Waals surface area contributed by atoms with Crippen molar-refractivity contribution in [3.63, 3.8) is 0 Å². The van der Waals surface area contributed by atoms with Gasteiger partial charge in [-0.05, 0) is 28.8 Å². The van der Waals surface area contributed by atoms with Crippen molar-refractivity contribution in [2.75, 3.05) is 6.54 Å². The van der Waals surface area contributed by atoms with Crippen molar-refractivity contribution in [3.05, 3.63) is 71.3 Å². The van der Waals surface area contributed by atoms with Crippen LogP contribution in [0.15, 0.2) is 48.5 Å². The topological polar surface area (TPSA) is 54.2 Å². The summed E-state index contributed by atoms with van der Waals surface area (Å²) in [6.45, 7) is 2.86. The number of aliphatic hydroxyl groups excluding tert-OH is 1. The number of rotatable bonds is 4. The van der Waals surface area contributed by atoms with Crippen LogP contribution in [-0.4, -0.2) is 31.3 Å². The number of hydrogen-bond donors (Lipinski definition) is 1. The van der Waals surface area contributed by atoms with Crippen molar-refractivity contribution >= 4 is 0 Å². The number of hydrogen-bond acceptors (Lipinski definition) is 4. The molecule has 1 aromatic heterocycles. The Bertz CT molecular complexity index is 949. The van der Waals surface area contributed by atoms with Crippen molar-refractivity contribution in [2.45, 2.75) is 32.4 Å². The van der Waals surface area contributed by atoms with Gasteiger partial charge in [0.05, 0.1) is 12.1 Å². The molecule has 3 aromatic rings. The van der Waals surface area contributed by atoms with Crippen molar-refractivity contribution in [1.82, 2.24) is 19.7 Å². The number of benzene rings is 2. The van der Waals surface area contributed by atoms with Crippen molar-refractivity contribution in [1.29, 1.82) is 0 Å². The fourth-order valence-corrected chi connectivity index (χ4v) is 3.43. The predicted molar refractivity (Wildman–Crippen MR) is 96.9 cm³/mol. The first-order valence-electron chi connectivity index (χ1n) is 8.95. The molecule has 0 atom stereocenters. The summed E-state index contributed by atoms with van der Waals surface area (Å²) >= 11 is 0. The molecule has 0 spiro atoms. The number of alkyl halides is 3. The van der Waals surface area contributed by atoms with Crippen LogP contribution in [0.25, 0.3) is 11.1 Å². The van der Waals surface area contributed by atoms with Gasteiger partial charge in [0.15, 0.2) is 5.82 Å². The van der Waals surface area contributed by atoms with Crippen LogP contribution in [0, 0.1) is 0 Å². The Morgan fingerprint density at radius 2 is 1.54 bits per heavy atom. The van der Waals surface area contributed by atoms with Gasteiger partial charge in [-0.2, -0.15) is 13.2 Å². The molecule has 0 radical (unpaired) electrons. The summed E-state index contributed by atoms with van der Waals surface area (Å²) in [6, 6.07) is 13.0. The minimum atomic E-state index is -4.32. The normalized spacial score (nSPS) is 14.9. The molecule has 8 heteroatoms. The summed E-state index contributed by atoms with van der Waals surface area (Å²) in [7, 11) is 0. The number of fused-ring (bicyclic) bond motifs is 1. The van der Waals surface area contributed by atoms with E-state index >= 15 is 0 Å². The predicted octanol–water partition coefficient (Wildman–Crippen LogP) is 3.47. The smallest absolute Gasteiger partial charge is 0.388 e. The Hall–Kier alpha value is -2.71. The van der Waals surface area contributed by atoms with Crippen molar-refractivity contribution < 1.29 is 18.3 Å². The van der Waals surface area contributed by atoms with E-state index in [2.05, 4.69) is 15.1 Å². The number of nitrogens with zero attached hydrogens (tertiary/aromatic N) is 4. The molecule has 0 fully saturated rings. The number of aromatic nitrogens is 3. The van der Waals surface area contributed by atoms with Crippen LogP contribution >= 0.6 is 0 Å². The minimum absolute atomic E-state index is 0.113. The molecule has 1 aliphatic heterocycles. The average molecular weight is 388 g/mol. The molecule has 2 heterocycles. The van der Waals surface area contributed by atoms with Gasteiger partial charge in [-0.15, -0.1) is 10.2 Å². The molecular weight excluding hydrogens is 369 g/mol. The second-order valence-electron chi connectivity index (χ2n) is 6.82. The largest absolute Gasteiger partial charge is 0.416 e. The Kier molecular flexibility index (Phi) is 4.91. The van der Waals surface area contributed by atoms with E-state index in [1.165, 1.54) is 12.1 Å². The summed E-state index contributed by atoms with van der Waals surface area (Å²) in [6.07, 6.45) is -4.32. The van der Waals surface area contributed by atoms with E-state index in [0.29, 0.717) is 12.4 Å². The van der Waals surface area contributed by atoms with Crippen LogP contribution in [0.1, 0.15) is 22.8 Å². The number of aliphatic hydroxyl groups is 1. The van der Waals surface area contributed by atoms with E-state index in [4.69, 9.17) is 0 Å². The van der Waals surface area contributed by atoms with Crippen molar-refractivity contribution in [2.24, 2.45) is 0 Å². The molecule has 146 valence electrons. The minimum Gasteiger partial charge on any atom is -0.388 e. The third-order valence-corrected chi connectivity index (χ3v) is 4.96. The highest BCUT2D eigenvalue weighted by Crippen LogP contribution is 2.31. The van der Waals surface area contributed by atoms with Gasteiger partial charge in [-0.25, -0.2) is 0 Å². The summed E-state index contributed by atoms with van der Waals surface area (Å²) in [4.78, 5) is 2.25. The third kappa shape index (κ3) is 3.79. The van der Waals surface area contributed by atoms with Crippen LogP contribution in [0.5, 0.6) is 0 Å². The van der Waals surface area contributed by atoms with Gasteiger partial charge in [0.2, 0.25) is 0 Å². The molecule has 0 saturated carbocycles. The van der Waals surface area contributed by atoms with Gasteiger partial charge in [0.25, 0.3) is 0 Å². The second-order valence-corrected chi connectivity index (χ2v) is 6.82. The summed E-state index contributed by atoms with van der Waals surface area (Å²) in [5.74, 6) is 1.44. The lowest BCUT2D eigenvalue weighted by molar-refractivity contribution is -0.137. The van der Waals surface area contributed by atoms with Gasteiger partial charge >= 0.3 is 6.18 Å². The SMILES string of the molecule is OCc1nnc2n1CCN(Cc1ccc(-c3ccc(C(F)(F)F)cc3)cc1)C2. The fraction of sp³-hybridized carbons (Fsp3) is 0.300. The average Bonchev–Trinajstić information content (AvgIpc) is 3.10. The molecular formula is C20H19F3N4O. The maximum atomic E-state index is 12.7. The molecule has 28 heavy (non-hydrogen) atoms. The van der Waals surface area contributed by atoms with Gasteiger partial charge in [0, 0.05) is 19.6 Å². The summed E-state index contributed by atoms with van der Waals surface area (Å²) in [5, 5.41) is 17.4. The Morgan fingerprint density at radius 1 is 0.893 bits per heavy atom. The highest BCUT2D eigenvalue weighted by Gasteiger charge is 2.30. The van der Waals surface area contributed by atoms with Gasteiger partial charge in [-0.3, -0.25) is 4.90 Å². The summed E-state index contributed by atoms with van der Waals surface area (Å²) < 4.78 is 40.0. The van der Waals surface area contributed by atoms with Gasteiger partial charge < -0.3 is 9.67 Å². The van der Waals surface area contributed by atoms with Crippen molar-refractivity contribution in [3.8, 4) is 11.1 Å². The quantitative estimate of drug-likeness (QED) is 0.744. The van der Waals surface area contributed by atoms with Crippen LogP contribution in [0.3, 0.4) is 0 Å². The molecule has 1 aliphatic rings. The fourth-order valence-electron chi connectivity index (χ4n) is 3.43. The first-order chi connectivity index (χ1) is 13.4. The van der Waals surface area contributed by atoms with E-state index < -0.39 is 11.7 Å². The third-order valence-electron chi connectivity index (χ3n) is 4.96. The molecule has 4 rings (SSSR count).